The molecule has 0 radical (unpaired) electrons. The zero-order valence-corrected chi connectivity index (χ0v) is 12.9. The fraction of sp³-hybridized carbons (Fsp3) is 1.00. The topological polar surface area (TPSA) is 12.0 Å². The SMILES string of the molecule is CNC(C1CC(C)CC(C)C1)C1C2C3CCC(C3)C21. The summed E-state index contributed by atoms with van der Waals surface area (Å²) in [5.41, 5.74) is 0. The summed E-state index contributed by atoms with van der Waals surface area (Å²) in [6, 6.07) is 0.851. The molecule has 0 spiro atoms. The highest BCUT2D eigenvalue weighted by Gasteiger charge is 2.67. The van der Waals surface area contributed by atoms with Gasteiger partial charge in [0.2, 0.25) is 0 Å². The zero-order chi connectivity index (χ0) is 13.1. The molecule has 1 N–H and O–H groups in total. The maximum atomic E-state index is 3.77. The van der Waals surface area contributed by atoms with E-state index in [0.717, 1.165) is 53.4 Å². The van der Waals surface area contributed by atoms with Crippen molar-refractivity contribution in [2.24, 2.45) is 47.3 Å². The van der Waals surface area contributed by atoms with Gasteiger partial charge in [-0.15, -0.1) is 0 Å². The van der Waals surface area contributed by atoms with Gasteiger partial charge >= 0.3 is 0 Å². The Morgan fingerprint density at radius 1 is 0.842 bits per heavy atom. The maximum Gasteiger partial charge on any atom is 0.0126 e. The normalized spacial score (nSPS) is 57.0. The molecule has 7 atom stereocenters. The molecule has 0 amide bonds. The van der Waals surface area contributed by atoms with Crippen molar-refractivity contribution in [3.8, 4) is 0 Å². The second-order valence-electron chi connectivity index (χ2n) is 8.56. The molecule has 108 valence electrons. The van der Waals surface area contributed by atoms with E-state index < -0.39 is 0 Å². The number of hydrogen-bond acceptors (Lipinski definition) is 1. The second kappa shape index (κ2) is 4.48. The number of hydrogen-bond donors (Lipinski definition) is 1. The molecular weight excluding hydrogens is 230 g/mol. The number of nitrogens with one attached hydrogen (secondary N) is 1. The Morgan fingerprint density at radius 2 is 1.42 bits per heavy atom. The first-order valence-corrected chi connectivity index (χ1v) is 8.86. The van der Waals surface area contributed by atoms with Gasteiger partial charge in [0.25, 0.3) is 0 Å². The third-order valence-corrected chi connectivity index (χ3v) is 7.27. The lowest BCUT2D eigenvalue weighted by Gasteiger charge is -2.37. The van der Waals surface area contributed by atoms with Crippen molar-refractivity contribution in [3.05, 3.63) is 0 Å². The third kappa shape index (κ3) is 1.91. The largest absolute Gasteiger partial charge is 0.316 e. The predicted molar refractivity (Wildman–Crippen MR) is 79.8 cm³/mol. The van der Waals surface area contributed by atoms with Gasteiger partial charge in [-0.25, -0.2) is 0 Å². The maximum absolute atomic E-state index is 3.77. The smallest absolute Gasteiger partial charge is 0.0126 e. The minimum Gasteiger partial charge on any atom is -0.316 e. The minimum atomic E-state index is 0.851. The Kier molecular flexibility index (Phi) is 2.99. The first-order valence-electron chi connectivity index (χ1n) is 8.86. The van der Waals surface area contributed by atoms with Crippen molar-refractivity contribution in [1.29, 1.82) is 0 Å². The van der Waals surface area contributed by atoms with E-state index in [1.807, 2.05) is 0 Å². The lowest BCUT2D eigenvalue weighted by Crippen LogP contribution is -2.41. The molecule has 19 heavy (non-hydrogen) atoms. The molecule has 7 unspecified atom stereocenters. The summed E-state index contributed by atoms with van der Waals surface area (Å²) in [5.74, 6) is 8.51. The van der Waals surface area contributed by atoms with E-state index in [1.54, 1.807) is 19.3 Å². The highest BCUT2D eigenvalue weighted by molar-refractivity contribution is 5.16. The summed E-state index contributed by atoms with van der Waals surface area (Å²) in [4.78, 5) is 0. The van der Waals surface area contributed by atoms with Crippen LogP contribution in [0.25, 0.3) is 0 Å². The van der Waals surface area contributed by atoms with Gasteiger partial charge in [0, 0.05) is 6.04 Å². The van der Waals surface area contributed by atoms with Crippen molar-refractivity contribution in [2.75, 3.05) is 7.05 Å². The summed E-state index contributed by atoms with van der Waals surface area (Å²) in [5, 5.41) is 3.77. The number of fused-ring (bicyclic) bond motifs is 5. The average molecular weight is 261 g/mol. The van der Waals surface area contributed by atoms with E-state index >= 15 is 0 Å². The van der Waals surface area contributed by atoms with Gasteiger partial charge in [-0.1, -0.05) is 13.8 Å². The van der Waals surface area contributed by atoms with Gasteiger partial charge in [-0.2, -0.15) is 0 Å². The predicted octanol–water partition coefficient (Wildman–Crippen LogP) is 3.94. The van der Waals surface area contributed by atoms with Crippen molar-refractivity contribution in [1.82, 2.24) is 5.32 Å². The third-order valence-electron chi connectivity index (χ3n) is 7.27. The lowest BCUT2D eigenvalue weighted by molar-refractivity contribution is 0.158. The van der Waals surface area contributed by atoms with E-state index in [1.165, 1.54) is 19.3 Å². The molecule has 4 aliphatic carbocycles. The second-order valence-corrected chi connectivity index (χ2v) is 8.56. The van der Waals surface area contributed by atoms with Crippen molar-refractivity contribution in [3.63, 3.8) is 0 Å². The van der Waals surface area contributed by atoms with Gasteiger partial charge in [0.05, 0.1) is 0 Å². The van der Waals surface area contributed by atoms with Gasteiger partial charge in [-0.3, -0.25) is 0 Å². The molecular formula is C18H31N. The molecule has 0 aromatic rings. The van der Waals surface area contributed by atoms with E-state index in [4.69, 9.17) is 0 Å². The minimum absolute atomic E-state index is 0.851. The fourth-order valence-corrected chi connectivity index (χ4v) is 6.92. The van der Waals surface area contributed by atoms with Crippen LogP contribution in [0.1, 0.15) is 52.4 Å². The van der Waals surface area contributed by atoms with Crippen molar-refractivity contribution in [2.45, 2.75) is 58.4 Å². The first-order chi connectivity index (χ1) is 9.19. The van der Waals surface area contributed by atoms with E-state index in [9.17, 15) is 0 Å². The highest BCUT2D eigenvalue weighted by atomic mass is 14.9. The van der Waals surface area contributed by atoms with Crippen LogP contribution in [0.4, 0.5) is 0 Å². The molecule has 0 aliphatic heterocycles. The molecule has 4 fully saturated rings. The highest BCUT2D eigenvalue weighted by Crippen LogP contribution is 2.71. The Bertz CT molecular complexity index is 324. The molecule has 0 aromatic heterocycles. The van der Waals surface area contributed by atoms with Gasteiger partial charge in [0.1, 0.15) is 0 Å². The van der Waals surface area contributed by atoms with Crippen molar-refractivity contribution >= 4 is 0 Å². The van der Waals surface area contributed by atoms with Crippen molar-refractivity contribution < 1.29 is 0 Å². The van der Waals surface area contributed by atoms with Crippen LogP contribution in [0.5, 0.6) is 0 Å². The standard InChI is InChI=1S/C18H31N/c1-10-6-11(2)8-14(7-10)18(19-3)17-15-12-4-5-13(9-12)16(15)17/h10-19H,4-9H2,1-3H3. The summed E-state index contributed by atoms with van der Waals surface area (Å²) in [6.45, 7) is 4.96. The van der Waals surface area contributed by atoms with Crippen LogP contribution in [0.15, 0.2) is 0 Å². The van der Waals surface area contributed by atoms with E-state index in [0.29, 0.717) is 0 Å². The quantitative estimate of drug-likeness (QED) is 0.811. The first kappa shape index (κ1) is 12.7. The van der Waals surface area contributed by atoms with E-state index in [2.05, 4.69) is 26.2 Å². The molecule has 4 rings (SSSR count). The Morgan fingerprint density at radius 3 is 1.95 bits per heavy atom. The summed E-state index contributed by atoms with van der Waals surface area (Å²) in [6.07, 6.45) is 9.17. The van der Waals surface area contributed by atoms with E-state index in [-0.39, 0.29) is 0 Å². The van der Waals surface area contributed by atoms with Gasteiger partial charge in [-0.05, 0) is 92.9 Å². The van der Waals surface area contributed by atoms with Gasteiger partial charge < -0.3 is 5.32 Å². The molecule has 0 saturated heterocycles. The fourth-order valence-electron chi connectivity index (χ4n) is 6.92. The Labute approximate surface area is 118 Å². The molecule has 4 saturated carbocycles. The molecule has 0 aromatic carbocycles. The lowest BCUT2D eigenvalue weighted by atomic mass is 9.72. The molecule has 1 nitrogen and oxygen atoms in total. The zero-order valence-electron chi connectivity index (χ0n) is 12.9. The van der Waals surface area contributed by atoms with Crippen LogP contribution >= 0.6 is 0 Å². The van der Waals surface area contributed by atoms with Crippen LogP contribution in [0.3, 0.4) is 0 Å². The van der Waals surface area contributed by atoms with Crippen LogP contribution in [0.2, 0.25) is 0 Å². The van der Waals surface area contributed by atoms with Crippen LogP contribution in [0, 0.1) is 47.3 Å². The average Bonchev–Trinajstić information content (AvgIpc) is 2.79. The molecule has 2 bridgehead atoms. The van der Waals surface area contributed by atoms with Crippen LogP contribution in [-0.2, 0) is 0 Å². The molecule has 1 heteroatoms. The Hall–Kier alpha value is -0.0400. The summed E-state index contributed by atoms with van der Waals surface area (Å²) >= 11 is 0. The monoisotopic (exact) mass is 261 g/mol. The summed E-state index contributed by atoms with van der Waals surface area (Å²) < 4.78 is 0. The molecule has 0 heterocycles. The van der Waals surface area contributed by atoms with Crippen LogP contribution < -0.4 is 5.32 Å². The number of rotatable bonds is 3. The summed E-state index contributed by atoms with van der Waals surface area (Å²) in [7, 11) is 2.24. The Balaban J connectivity index is 1.47. The van der Waals surface area contributed by atoms with Crippen LogP contribution in [-0.4, -0.2) is 13.1 Å². The molecule has 4 aliphatic rings. The van der Waals surface area contributed by atoms with Gasteiger partial charge in [0.15, 0.2) is 0 Å².